The predicted octanol–water partition coefficient (Wildman–Crippen LogP) is 2.04. The standard InChI is InChI=1S/C21H21N3O5/c1-28-18-10-6-5-7-15(18)13-22-19(25)14-29-21(27)17-11-12-20(26)24(23-17)16-8-3-2-4-9-16/h2-10H,11-14H2,1H3,(H,22,25). The van der Waals surface area contributed by atoms with Gasteiger partial charge in [-0.05, 0) is 18.2 Å². The van der Waals surface area contributed by atoms with Gasteiger partial charge in [-0.2, -0.15) is 5.10 Å². The van der Waals surface area contributed by atoms with Gasteiger partial charge in [-0.3, -0.25) is 9.59 Å². The van der Waals surface area contributed by atoms with Crippen LogP contribution in [0.1, 0.15) is 18.4 Å². The Morgan fingerprint density at radius 1 is 1.07 bits per heavy atom. The Hall–Kier alpha value is -3.68. The number of esters is 1. The maximum atomic E-state index is 12.3. The van der Waals surface area contributed by atoms with Crippen LogP contribution >= 0.6 is 0 Å². The number of ether oxygens (including phenoxy) is 2. The zero-order valence-corrected chi connectivity index (χ0v) is 16.0. The lowest BCUT2D eigenvalue weighted by molar-refractivity contribution is -0.142. The summed E-state index contributed by atoms with van der Waals surface area (Å²) in [7, 11) is 1.55. The van der Waals surface area contributed by atoms with Crippen molar-refractivity contribution in [3.8, 4) is 5.75 Å². The van der Waals surface area contributed by atoms with Crippen molar-refractivity contribution < 1.29 is 23.9 Å². The third-order valence-corrected chi connectivity index (χ3v) is 4.27. The van der Waals surface area contributed by atoms with Crippen LogP contribution in [-0.4, -0.2) is 37.2 Å². The van der Waals surface area contributed by atoms with E-state index in [1.54, 1.807) is 37.4 Å². The molecule has 8 nitrogen and oxygen atoms in total. The Kier molecular flexibility index (Phi) is 6.57. The number of nitrogens with one attached hydrogen (secondary N) is 1. The first kappa shape index (κ1) is 20.1. The van der Waals surface area contributed by atoms with Gasteiger partial charge < -0.3 is 14.8 Å². The average molecular weight is 395 g/mol. The second kappa shape index (κ2) is 9.50. The molecular formula is C21H21N3O5. The van der Waals surface area contributed by atoms with Crippen LogP contribution < -0.4 is 15.1 Å². The van der Waals surface area contributed by atoms with Gasteiger partial charge >= 0.3 is 5.97 Å². The molecule has 2 aromatic carbocycles. The van der Waals surface area contributed by atoms with Crippen molar-refractivity contribution in [2.24, 2.45) is 5.10 Å². The molecule has 0 radical (unpaired) electrons. The van der Waals surface area contributed by atoms with Gasteiger partial charge in [-0.25, -0.2) is 9.80 Å². The molecule has 29 heavy (non-hydrogen) atoms. The van der Waals surface area contributed by atoms with Crippen molar-refractivity contribution in [2.75, 3.05) is 18.7 Å². The number of benzene rings is 2. The fraction of sp³-hybridized carbons (Fsp3) is 0.238. The summed E-state index contributed by atoms with van der Waals surface area (Å²) in [5.41, 5.74) is 1.48. The number of hydrazone groups is 1. The van der Waals surface area contributed by atoms with Crippen LogP contribution in [0.5, 0.6) is 5.75 Å². The molecule has 0 aliphatic carbocycles. The molecule has 0 fully saturated rings. The fourth-order valence-corrected chi connectivity index (χ4v) is 2.78. The van der Waals surface area contributed by atoms with Gasteiger partial charge in [-0.1, -0.05) is 36.4 Å². The fourth-order valence-electron chi connectivity index (χ4n) is 2.78. The molecule has 2 aromatic rings. The van der Waals surface area contributed by atoms with Crippen molar-refractivity contribution in [1.29, 1.82) is 0 Å². The van der Waals surface area contributed by atoms with E-state index < -0.39 is 18.5 Å². The van der Waals surface area contributed by atoms with Crippen molar-refractivity contribution in [2.45, 2.75) is 19.4 Å². The van der Waals surface area contributed by atoms with Gasteiger partial charge in [0.05, 0.1) is 12.8 Å². The minimum atomic E-state index is -0.717. The molecule has 1 aliphatic rings. The molecule has 0 saturated carbocycles. The summed E-state index contributed by atoms with van der Waals surface area (Å²) in [6.45, 7) is -0.191. The van der Waals surface area contributed by atoms with Gasteiger partial charge in [0, 0.05) is 24.9 Å². The summed E-state index contributed by atoms with van der Waals surface area (Å²) in [6.07, 6.45) is 0.312. The number of carbonyl (C=O) groups is 3. The SMILES string of the molecule is COc1ccccc1CNC(=O)COC(=O)C1=NN(c2ccccc2)C(=O)CC1. The molecular weight excluding hydrogens is 374 g/mol. The molecule has 3 rings (SSSR count). The quantitative estimate of drug-likeness (QED) is 0.724. The highest BCUT2D eigenvalue weighted by Crippen LogP contribution is 2.20. The van der Waals surface area contributed by atoms with Crippen molar-refractivity contribution in [3.05, 3.63) is 60.2 Å². The van der Waals surface area contributed by atoms with E-state index in [1.165, 1.54) is 5.01 Å². The van der Waals surface area contributed by atoms with Crippen molar-refractivity contribution in [1.82, 2.24) is 5.32 Å². The van der Waals surface area contributed by atoms with Crippen LogP contribution in [0, 0.1) is 0 Å². The maximum absolute atomic E-state index is 12.3. The lowest BCUT2D eigenvalue weighted by Gasteiger charge is -2.22. The third kappa shape index (κ3) is 5.19. The van der Waals surface area contributed by atoms with Gasteiger partial charge in [-0.15, -0.1) is 0 Å². The Labute approximate surface area is 168 Å². The molecule has 1 aliphatic heterocycles. The Bertz CT molecular complexity index is 927. The number of hydrogen-bond acceptors (Lipinski definition) is 6. The molecule has 0 unspecified atom stereocenters. The topological polar surface area (TPSA) is 97.3 Å². The number of rotatable bonds is 7. The van der Waals surface area contributed by atoms with Crippen molar-refractivity contribution in [3.63, 3.8) is 0 Å². The summed E-state index contributed by atoms with van der Waals surface area (Å²) in [4.78, 5) is 36.4. The van der Waals surface area contributed by atoms with Gasteiger partial charge in [0.25, 0.3) is 5.91 Å². The van der Waals surface area contributed by atoms with Gasteiger partial charge in [0.15, 0.2) is 6.61 Å². The highest BCUT2D eigenvalue weighted by atomic mass is 16.5. The molecule has 2 amide bonds. The third-order valence-electron chi connectivity index (χ3n) is 4.27. The van der Waals surface area contributed by atoms with Gasteiger partial charge in [0.2, 0.25) is 5.91 Å². The zero-order valence-electron chi connectivity index (χ0n) is 16.0. The lowest BCUT2D eigenvalue weighted by Crippen LogP contribution is -2.36. The Balaban J connectivity index is 1.54. The average Bonchev–Trinajstić information content (AvgIpc) is 2.77. The molecule has 0 spiro atoms. The predicted molar refractivity (Wildman–Crippen MR) is 106 cm³/mol. The van der Waals surface area contributed by atoms with Crippen LogP contribution in [-0.2, 0) is 25.7 Å². The second-order valence-corrected chi connectivity index (χ2v) is 6.25. The molecule has 8 heteroatoms. The minimum Gasteiger partial charge on any atom is -0.496 e. The monoisotopic (exact) mass is 395 g/mol. The minimum absolute atomic E-state index is 0.103. The van der Waals surface area contributed by atoms with E-state index in [0.29, 0.717) is 11.4 Å². The van der Waals surface area contributed by atoms with E-state index in [4.69, 9.17) is 9.47 Å². The van der Waals surface area contributed by atoms with E-state index >= 15 is 0 Å². The Morgan fingerprint density at radius 2 is 1.79 bits per heavy atom. The molecule has 0 bridgehead atoms. The van der Waals surface area contributed by atoms with Crippen molar-refractivity contribution >= 4 is 29.2 Å². The lowest BCUT2D eigenvalue weighted by atomic mass is 10.1. The summed E-state index contributed by atoms with van der Waals surface area (Å²) in [5.74, 6) is -0.711. The summed E-state index contributed by atoms with van der Waals surface area (Å²) in [6, 6.07) is 16.1. The summed E-state index contributed by atoms with van der Waals surface area (Å²) < 4.78 is 10.3. The summed E-state index contributed by atoms with van der Waals surface area (Å²) in [5, 5.41) is 7.96. The molecule has 150 valence electrons. The van der Waals surface area contributed by atoms with Crippen LogP contribution in [0.3, 0.4) is 0 Å². The summed E-state index contributed by atoms with van der Waals surface area (Å²) >= 11 is 0. The number of amides is 2. The van der Waals surface area contributed by atoms with E-state index in [9.17, 15) is 14.4 Å². The molecule has 0 saturated heterocycles. The van der Waals surface area contributed by atoms with E-state index in [0.717, 1.165) is 5.56 Å². The number of para-hydroxylation sites is 2. The Morgan fingerprint density at radius 3 is 2.55 bits per heavy atom. The number of methoxy groups -OCH3 is 1. The molecule has 1 N–H and O–H groups in total. The van der Waals surface area contributed by atoms with Crippen LogP contribution in [0.25, 0.3) is 0 Å². The van der Waals surface area contributed by atoms with E-state index in [-0.39, 0.29) is 31.0 Å². The van der Waals surface area contributed by atoms with Crippen LogP contribution in [0.2, 0.25) is 0 Å². The van der Waals surface area contributed by atoms with E-state index in [1.807, 2.05) is 24.3 Å². The highest BCUT2D eigenvalue weighted by molar-refractivity contribution is 6.38. The normalized spacial score (nSPS) is 13.5. The first-order valence-corrected chi connectivity index (χ1v) is 9.09. The smallest absolute Gasteiger partial charge is 0.355 e. The number of nitrogens with zero attached hydrogens (tertiary/aromatic N) is 2. The second-order valence-electron chi connectivity index (χ2n) is 6.25. The van der Waals surface area contributed by atoms with Crippen LogP contribution in [0.15, 0.2) is 59.7 Å². The number of carbonyl (C=O) groups excluding carboxylic acids is 3. The van der Waals surface area contributed by atoms with Gasteiger partial charge in [0.1, 0.15) is 11.5 Å². The first-order chi connectivity index (χ1) is 14.1. The number of anilines is 1. The molecule has 0 atom stereocenters. The maximum Gasteiger partial charge on any atom is 0.355 e. The largest absolute Gasteiger partial charge is 0.496 e. The highest BCUT2D eigenvalue weighted by Gasteiger charge is 2.26. The number of hydrogen-bond donors (Lipinski definition) is 1. The molecule has 1 heterocycles. The zero-order chi connectivity index (χ0) is 20.6. The molecule has 0 aromatic heterocycles. The van der Waals surface area contributed by atoms with Crippen LogP contribution in [0.4, 0.5) is 5.69 Å². The van der Waals surface area contributed by atoms with E-state index in [2.05, 4.69) is 10.4 Å². The first-order valence-electron chi connectivity index (χ1n) is 9.09.